The second kappa shape index (κ2) is 8.14. The van der Waals surface area contributed by atoms with E-state index in [9.17, 15) is 9.59 Å². The number of methoxy groups -OCH3 is 1. The van der Waals surface area contributed by atoms with Gasteiger partial charge < -0.3 is 20.5 Å². The Morgan fingerprint density at radius 3 is 2.71 bits per heavy atom. The van der Waals surface area contributed by atoms with Crippen LogP contribution in [0.5, 0.6) is 5.75 Å². The summed E-state index contributed by atoms with van der Waals surface area (Å²) in [5.74, 6) is -0.513. The maximum atomic E-state index is 11.9. The number of nitrogens with two attached hydrogens (primary N) is 1. The molecule has 0 aliphatic carbocycles. The summed E-state index contributed by atoms with van der Waals surface area (Å²) in [4.78, 5) is 23.6. The smallest absolute Gasteiger partial charge is 0.341 e. The summed E-state index contributed by atoms with van der Waals surface area (Å²) in [6.45, 7) is 4.27. The van der Waals surface area contributed by atoms with Crippen molar-refractivity contribution in [2.75, 3.05) is 19.4 Å². The van der Waals surface area contributed by atoms with Gasteiger partial charge in [-0.1, -0.05) is 13.3 Å². The van der Waals surface area contributed by atoms with Crippen molar-refractivity contribution in [3.05, 3.63) is 23.8 Å². The highest BCUT2D eigenvalue weighted by atomic mass is 16.5. The molecule has 21 heavy (non-hydrogen) atoms. The number of carbonyl (C=O) groups excluding carboxylic acids is 2. The van der Waals surface area contributed by atoms with Crippen molar-refractivity contribution >= 4 is 17.6 Å². The van der Waals surface area contributed by atoms with Gasteiger partial charge in [-0.05, 0) is 31.5 Å². The Labute approximate surface area is 124 Å². The summed E-state index contributed by atoms with van der Waals surface area (Å²) in [5, 5.41) is 2.77. The van der Waals surface area contributed by atoms with Crippen LogP contribution in [0, 0.1) is 0 Å². The Kier molecular flexibility index (Phi) is 6.52. The quantitative estimate of drug-likeness (QED) is 0.454. The third kappa shape index (κ3) is 4.98. The first kappa shape index (κ1) is 16.8. The second-order valence-electron chi connectivity index (χ2n) is 4.65. The van der Waals surface area contributed by atoms with E-state index in [1.165, 1.54) is 13.2 Å². The van der Waals surface area contributed by atoms with Crippen LogP contribution in [0.1, 0.15) is 37.0 Å². The number of amides is 1. The Balaban J connectivity index is 2.77. The number of rotatable bonds is 7. The van der Waals surface area contributed by atoms with E-state index in [1.54, 1.807) is 19.1 Å². The molecule has 0 heterocycles. The first-order valence-corrected chi connectivity index (χ1v) is 6.91. The minimum absolute atomic E-state index is 0.200. The highest BCUT2D eigenvalue weighted by molar-refractivity contribution is 5.93. The Bertz CT molecular complexity index is 502. The second-order valence-corrected chi connectivity index (χ2v) is 4.65. The number of carbonyl (C=O) groups is 2. The highest BCUT2D eigenvalue weighted by Crippen LogP contribution is 2.23. The number of unbranched alkanes of at least 4 members (excludes halogenated alkanes) is 1. The van der Waals surface area contributed by atoms with E-state index in [-0.39, 0.29) is 17.2 Å². The molecule has 6 nitrogen and oxygen atoms in total. The standard InChI is InChI=1S/C15H22N2O4/c1-4-5-8-17-14(18)10(2)21-13-7-6-11(16)9-12(13)15(19)20-3/h6-7,9-10H,4-5,8,16H2,1-3H3,(H,17,18). The number of hydrogen-bond donors (Lipinski definition) is 2. The number of hydrogen-bond acceptors (Lipinski definition) is 5. The first-order chi connectivity index (χ1) is 9.99. The monoisotopic (exact) mass is 294 g/mol. The average molecular weight is 294 g/mol. The lowest BCUT2D eigenvalue weighted by Gasteiger charge is -2.16. The van der Waals surface area contributed by atoms with Crippen LogP contribution in [-0.2, 0) is 9.53 Å². The summed E-state index contributed by atoms with van der Waals surface area (Å²) < 4.78 is 10.2. The summed E-state index contributed by atoms with van der Waals surface area (Å²) in [5.41, 5.74) is 6.27. The van der Waals surface area contributed by atoms with Crippen molar-refractivity contribution in [3.8, 4) is 5.75 Å². The molecule has 1 aromatic rings. The maximum absolute atomic E-state index is 11.9. The molecule has 1 amide bonds. The molecule has 0 aliphatic heterocycles. The van der Waals surface area contributed by atoms with E-state index in [0.29, 0.717) is 12.2 Å². The zero-order valence-electron chi connectivity index (χ0n) is 12.6. The van der Waals surface area contributed by atoms with Gasteiger partial charge in [0.05, 0.1) is 7.11 Å². The van der Waals surface area contributed by atoms with Crippen molar-refractivity contribution in [3.63, 3.8) is 0 Å². The molecule has 0 aliphatic rings. The van der Waals surface area contributed by atoms with Crippen molar-refractivity contribution in [2.24, 2.45) is 0 Å². The summed E-state index contributed by atoms with van der Waals surface area (Å²) in [6, 6.07) is 4.61. The lowest BCUT2D eigenvalue weighted by molar-refractivity contribution is -0.127. The van der Waals surface area contributed by atoms with Gasteiger partial charge in [-0.2, -0.15) is 0 Å². The zero-order chi connectivity index (χ0) is 15.8. The molecule has 0 aromatic heterocycles. The SMILES string of the molecule is CCCCNC(=O)C(C)Oc1ccc(N)cc1C(=O)OC. The Morgan fingerprint density at radius 2 is 2.10 bits per heavy atom. The first-order valence-electron chi connectivity index (χ1n) is 6.91. The molecule has 6 heteroatoms. The summed E-state index contributed by atoms with van der Waals surface area (Å²) in [6.07, 6.45) is 1.20. The molecule has 0 spiro atoms. The Hall–Kier alpha value is -2.24. The van der Waals surface area contributed by atoms with E-state index in [2.05, 4.69) is 10.1 Å². The fourth-order valence-electron chi connectivity index (χ4n) is 1.70. The van der Waals surface area contributed by atoms with Gasteiger partial charge in [0.15, 0.2) is 6.10 Å². The zero-order valence-corrected chi connectivity index (χ0v) is 12.6. The van der Waals surface area contributed by atoms with Gasteiger partial charge >= 0.3 is 5.97 Å². The van der Waals surface area contributed by atoms with Gasteiger partial charge in [-0.25, -0.2) is 4.79 Å². The van der Waals surface area contributed by atoms with E-state index in [1.807, 2.05) is 6.92 Å². The fraction of sp³-hybridized carbons (Fsp3) is 0.467. The molecule has 0 bridgehead atoms. The molecule has 3 N–H and O–H groups in total. The molecule has 1 atom stereocenters. The van der Waals surface area contributed by atoms with Crippen LogP contribution < -0.4 is 15.8 Å². The molecule has 116 valence electrons. The molecular formula is C15H22N2O4. The normalized spacial score (nSPS) is 11.6. The predicted octanol–water partition coefficient (Wildman–Crippen LogP) is 1.74. The van der Waals surface area contributed by atoms with Crippen LogP contribution in [-0.4, -0.2) is 31.6 Å². The lowest BCUT2D eigenvalue weighted by Crippen LogP contribution is -2.37. The van der Waals surface area contributed by atoms with E-state index in [0.717, 1.165) is 12.8 Å². The van der Waals surface area contributed by atoms with Crippen molar-refractivity contribution in [1.29, 1.82) is 0 Å². The number of anilines is 1. The third-order valence-electron chi connectivity index (χ3n) is 2.91. The van der Waals surface area contributed by atoms with Crippen LogP contribution in [0.25, 0.3) is 0 Å². The predicted molar refractivity (Wildman–Crippen MR) is 80.2 cm³/mol. The summed E-state index contributed by atoms with van der Waals surface area (Å²) >= 11 is 0. The molecule has 0 saturated carbocycles. The van der Waals surface area contributed by atoms with Gasteiger partial charge in [0.2, 0.25) is 0 Å². The molecule has 1 unspecified atom stereocenters. The van der Waals surface area contributed by atoms with Gasteiger partial charge in [0.25, 0.3) is 5.91 Å². The van der Waals surface area contributed by atoms with E-state index >= 15 is 0 Å². The maximum Gasteiger partial charge on any atom is 0.341 e. The number of nitrogens with one attached hydrogen (secondary N) is 1. The van der Waals surface area contributed by atoms with Crippen LogP contribution >= 0.6 is 0 Å². The number of nitrogen functional groups attached to an aromatic ring is 1. The Morgan fingerprint density at radius 1 is 1.38 bits per heavy atom. The van der Waals surface area contributed by atoms with Gasteiger partial charge in [0, 0.05) is 12.2 Å². The highest BCUT2D eigenvalue weighted by Gasteiger charge is 2.19. The van der Waals surface area contributed by atoms with Gasteiger partial charge in [-0.15, -0.1) is 0 Å². The van der Waals surface area contributed by atoms with E-state index < -0.39 is 12.1 Å². The average Bonchev–Trinajstić information content (AvgIpc) is 2.48. The van der Waals surface area contributed by atoms with Crippen LogP contribution in [0.3, 0.4) is 0 Å². The molecule has 1 aromatic carbocycles. The number of esters is 1. The number of benzene rings is 1. The number of ether oxygens (including phenoxy) is 2. The molecule has 0 saturated heterocycles. The van der Waals surface area contributed by atoms with Crippen LogP contribution in [0.4, 0.5) is 5.69 Å². The lowest BCUT2D eigenvalue weighted by atomic mass is 10.1. The third-order valence-corrected chi connectivity index (χ3v) is 2.91. The van der Waals surface area contributed by atoms with Crippen LogP contribution in [0.15, 0.2) is 18.2 Å². The minimum atomic E-state index is -0.714. The summed E-state index contributed by atoms with van der Waals surface area (Å²) in [7, 11) is 1.27. The van der Waals surface area contributed by atoms with Crippen molar-refractivity contribution in [1.82, 2.24) is 5.32 Å². The molecule has 1 rings (SSSR count). The molecular weight excluding hydrogens is 272 g/mol. The van der Waals surface area contributed by atoms with Crippen molar-refractivity contribution in [2.45, 2.75) is 32.8 Å². The van der Waals surface area contributed by atoms with E-state index in [4.69, 9.17) is 10.5 Å². The molecule has 0 radical (unpaired) electrons. The van der Waals surface area contributed by atoms with Crippen LogP contribution in [0.2, 0.25) is 0 Å². The van der Waals surface area contributed by atoms with Gasteiger partial charge in [0.1, 0.15) is 11.3 Å². The largest absolute Gasteiger partial charge is 0.480 e. The van der Waals surface area contributed by atoms with Crippen molar-refractivity contribution < 1.29 is 19.1 Å². The fourth-order valence-corrected chi connectivity index (χ4v) is 1.70. The topological polar surface area (TPSA) is 90.6 Å². The molecule has 0 fully saturated rings. The van der Waals surface area contributed by atoms with Gasteiger partial charge in [-0.3, -0.25) is 4.79 Å². The minimum Gasteiger partial charge on any atom is -0.480 e.